The van der Waals surface area contributed by atoms with E-state index in [1.165, 1.54) is 5.56 Å². The Bertz CT molecular complexity index is 641. The molecule has 1 aliphatic rings. The molecule has 3 rings (SSSR count). The van der Waals surface area contributed by atoms with Crippen LogP contribution in [0.2, 0.25) is 0 Å². The van der Waals surface area contributed by atoms with Crippen molar-refractivity contribution in [1.29, 1.82) is 0 Å². The summed E-state index contributed by atoms with van der Waals surface area (Å²) in [6, 6.07) is 19.2. The van der Waals surface area contributed by atoms with Gasteiger partial charge in [0, 0.05) is 17.4 Å². The fourth-order valence-corrected chi connectivity index (χ4v) is 3.40. The number of nitrogens with one attached hydrogen (secondary N) is 1. The normalized spacial score (nSPS) is 21.8. The summed E-state index contributed by atoms with van der Waals surface area (Å²) >= 11 is 0. The molecule has 0 radical (unpaired) electrons. The van der Waals surface area contributed by atoms with Crippen molar-refractivity contribution in [3.05, 3.63) is 60.2 Å². The largest absolute Gasteiger partial charge is 0.378 e. The molecule has 1 aliphatic heterocycles. The molecule has 0 aromatic heterocycles. The van der Waals surface area contributed by atoms with E-state index in [-0.39, 0.29) is 12.1 Å². The predicted molar refractivity (Wildman–Crippen MR) is 91.3 cm³/mol. The molecule has 0 amide bonds. The summed E-state index contributed by atoms with van der Waals surface area (Å²) in [5.41, 5.74) is 3.55. The standard InChI is InChI=1S/C19H22N2O/c1-14-12-18(20-16-8-4-3-5-9-16)17-10-6-7-11-19(17)21(14)15(2)13-22/h3-11,13-15,18,20H,12H2,1-2H3. The lowest BCUT2D eigenvalue weighted by atomic mass is 9.90. The topological polar surface area (TPSA) is 32.3 Å². The van der Waals surface area contributed by atoms with E-state index in [4.69, 9.17) is 0 Å². The van der Waals surface area contributed by atoms with Gasteiger partial charge in [0.1, 0.15) is 6.29 Å². The number of rotatable bonds is 4. The number of fused-ring (bicyclic) bond motifs is 1. The molecule has 22 heavy (non-hydrogen) atoms. The molecule has 3 atom stereocenters. The fourth-order valence-electron chi connectivity index (χ4n) is 3.40. The summed E-state index contributed by atoms with van der Waals surface area (Å²) in [5, 5.41) is 3.63. The van der Waals surface area contributed by atoms with E-state index in [0.717, 1.165) is 24.1 Å². The molecule has 0 saturated carbocycles. The summed E-state index contributed by atoms with van der Waals surface area (Å²) in [5.74, 6) is 0. The average molecular weight is 294 g/mol. The van der Waals surface area contributed by atoms with Crippen LogP contribution < -0.4 is 10.2 Å². The fraction of sp³-hybridized carbons (Fsp3) is 0.316. The van der Waals surface area contributed by atoms with E-state index >= 15 is 0 Å². The third kappa shape index (κ3) is 2.71. The molecule has 1 heterocycles. The molecule has 114 valence electrons. The molecular formula is C19H22N2O. The Hall–Kier alpha value is -2.29. The summed E-state index contributed by atoms with van der Waals surface area (Å²) < 4.78 is 0. The maximum Gasteiger partial charge on any atom is 0.142 e. The Labute approximate surface area is 132 Å². The summed E-state index contributed by atoms with van der Waals surface area (Å²) in [6.07, 6.45) is 2.00. The molecule has 0 saturated heterocycles. The van der Waals surface area contributed by atoms with Crippen LogP contribution in [0.1, 0.15) is 31.9 Å². The van der Waals surface area contributed by atoms with Gasteiger partial charge < -0.3 is 15.0 Å². The molecule has 3 nitrogen and oxygen atoms in total. The zero-order valence-electron chi connectivity index (χ0n) is 13.1. The number of carbonyl (C=O) groups is 1. The van der Waals surface area contributed by atoms with Gasteiger partial charge in [-0.1, -0.05) is 36.4 Å². The first-order valence-corrected chi connectivity index (χ1v) is 7.85. The average Bonchev–Trinajstić information content (AvgIpc) is 2.55. The first kappa shape index (κ1) is 14.6. The van der Waals surface area contributed by atoms with Crippen molar-refractivity contribution >= 4 is 17.7 Å². The third-order valence-corrected chi connectivity index (χ3v) is 4.39. The highest BCUT2D eigenvalue weighted by atomic mass is 16.1. The Balaban J connectivity index is 1.95. The first-order chi connectivity index (χ1) is 10.7. The van der Waals surface area contributed by atoms with Crippen molar-refractivity contribution in [3.8, 4) is 0 Å². The van der Waals surface area contributed by atoms with E-state index < -0.39 is 0 Å². The Morgan fingerprint density at radius 2 is 1.82 bits per heavy atom. The number of para-hydroxylation sites is 2. The monoisotopic (exact) mass is 294 g/mol. The molecule has 1 N–H and O–H groups in total. The van der Waals surface area contributed by atoms with Crippen LogP contribution in [-0.2, 0) is 4.79 Å². The van der Waals surface area contributed by atoms with E-state index in [1.807, 2.05) is 31.2 Å². The van der Waals surface area contributed by atoms with Gasteiger partial charge in [-0.3, -0.25) is 0 Å². The molecule has 0 spiro atoms. The highest BCUT2D eigenvalue weighted by Crippen LogP contribution is 2.39. The quantitative estimate of drug-likeness (QED) is 0.864. The molecule has 3 unspecified atom stereocenters. The van der Waals surface area contributed by atoms with Crippen LogP contribution in [0, 0.1) is 0 Å². The third-order valence-electron chi connectivity index (χ3n) is 4.39. The van der Waals surface area contributed by atoms with Crippen LogP contribution in [0.15, 0.2) is 54.6 Å². The molecule has 3 heteroatoms. The SMILES string of the molecule is CC(C=O)N1c2ccccc2C(Nc2ccccc2)CC1C. The highest BCUT2D eigenvalue weighted by molar-refractivity contribution is 5.70. The van der Waals surface area contributed by atoms with Crippen LogP contribution in [0.4, 0.5) is 11.4 Å². The second-order valence-electron chi connectivity index (χ2n) is 5.99. The van der Waals surface area contributed by atoms with Crippen molar-refractivity contribution in [1.82, 2.24) is 0 Å². The van der Waals surface area contributed by atoms with Crippen LogP contribution in [0.5, 0.6) is 0 Å². The molecule has 0 bridgehead atoms. The molecule has 0 aliphatic carbocycles. The van der Waals surface area contributed by atoms with E-state index in [1.54, 1.807) is 0 Å². The molecular weight excluding hydrogens is 272 g/mol. The minimum absolute atomic E-state index is 0.103. The summed E-state index contributed by atoms with van der Waals surface area (Å²) in [4.78, 5) is 13.5. The van der Waals surface area contributed by atoms with Gasteiger partial charge in [0.25, 0.3) is 0 Å². The second kappa shape index (κ2) is 6.22. The van der Waals surface area contributed by atoms with Crippen molar-refractivity contribution < 1.29 is 4.79 Å². The minimum atomic E-state index is -0.103. The number of anilines is 2. The van der Waals surface area contributed by atoms with Crippen LogP contribution in [0.25, 0.3) is 0 Å². The van der Waals surface area contributed by atoms with E-state index in [0.29, 0.717) is 6.04 Å². The lowest BCUT2D eigenvalue weighted by Gasteiger charge is -2.43. The zero-order chi connectivity index (χ0) is 15.5. The number of aldehydes is 1. The van der Waals surface area contributed by atoms with Gasteiger partial charge in [-0.25, -0.2) is 0 Å². The van der Waals surface area contributed by atoms with Crippen molar-refractivity contribution in [2.45, 2.75) is 38.4 Å². The van der Waals surface area contributed by atoms with Crippen LogP contribution >= 0.6 is 0 Å². The number of carbonyl (C=O) groups excluding carboxylic acids is 1. The Morgan fingerprint density at radius 1 is 1.14 bits per heavy atom. The smallest absolute Gasteiger partial charge is 0.142 e. The van der Waals surface area contributed by atoms with Crippen LogP contribution in [0.3, 0.4) is 0 Å². The van der Waals surface area contributed by atoms with Gasteiger partial charge in [0.05, 0.1) is 12.1 Å². The van der Waals surface area contributed by atoms with Crippen molar-refractivity contribution in [3.63, 3.8) is 0 Å². The number of hydrogen-bond acceptors (Lipinski definition) is 3. The number of hydrogen-bond donors (Lipinski definition) is 1. The number of benzene rings is 2. The van der Waals surface area contributed by atoms with Gasteiger partial charge in [-0.15, -0.1) is 0 Å². The molecule has 0 fully saturated rings. The van der Waals surface area contributed by atoms with Crippen LogP contribution in [-0.4, -0.2) is 18.4 Å². The predicted octanol–water partition coefficient (Wildman–Crippen LogP) is 4.03. The van der Waals surface area contributed by atoms with Gasteiger partial charge in [-0.2, -0.15) is 0 Å². The zero-order valence-corrected chi connectivity index (χ0v) is 13.1. The van der Waals surface area contributed by atoms with Crippen molar-refractivity contribution in [2.75, 3.05) is 10.2 Å². The molecule has 2 aromatic rings. The second-order valence-corrected chi connectivity index (χ2v) is 5.99. The molecule has 2 aromatic carbocycles. The summed E-state index contributed by atoms with van der Waals surface area (Å²) in [6.45, 7) is 4.15. The maximum atomic E-state index is 11.3. The Kier molecular flexibility index (Phi) is 4.14. The van der Waals surface area contributed by atoms with Crippen molar-refractivity contribution in [2.24, 2.45) is 0 Å². The number of nitrogens with zero attached hydrogens (tertiary/aromatic N) is 1. The highest BCUT2D eigenvalue weighted by Gasteiger charge is 2.32. The van der Waals surface area contributed by atoms with Gasteiger partial charge in [-0.05, 0) is 44.0 Å². The first-order valence-electron chi connectivity index (χ1n) is 7.85. The van der Waals surface area contributed by atoms with E-state index in [9.17, 15) is 4.79 Å². The van der Waals surface area contributed by atoms with E-state index in [2.05, 4.69) is 47.5 Å². The Morgan fingerprint density at radius 3 is 2.55 bits per heavy atom. The van der Waals surface area contributed by atoms with Gasteiger partial charge in [0.15, 0.2) is 0 Å². The summed E-state index contributed by atoms with van der Waals surface area (Å²) in [7, 11) is 0. The van der Waals surface area contributed by atoms with Gasteiger partial charge in [0.2, 0.25) is 0 Å². The minimum Gasteiger partial charge on any atom is -0.378 e. The van der Waals surface area contributed by atoms with Gasteiger partial charge >= 0.3 is 0 Å². The lowest BCUT2D eigenvalue weighted by molar-refractivity contribution is -0.108. The lowest BCUT2D eigenvalue weighted by Crippen LogP contribution is -2.46. The maximum absolute atomic E-state index is 11.3.